The zero-order chi connectivity index (χ0) is 0. The molecule has 0 bridgehead atoms. The van der Waals surface area contributed by atoms with Gasteiger partial charge in [0.15, 0.2) is 0 Å². The van der Waals surface area contributed by atoms with Crippen molar-refractivity contribution in [1.29, 1.82) is 0 Å². The van der Waals surface area contributed by atoms with Gasteiger partial charge in [0, 0.05) is 49.7 Å². The molecule has 0 unspecified atom stereocenters. The molecule has 0 aromatic carbocycles. The van der Waals surface area contributed by atoms with Crippen LogP contribution in [-0.4, -0.2) is 89.1 Å². The van der Waals surface area contributed by atoms with Crippen LogP contribution >= 0.6 is 0 Å². The summed E-state index contributed by atoms with van der Waals surface area (Å²) >= 11 is 0. The average Bonchev–Trinajstić information content (AvgIpc) is 0. The molecule has 0 heterocycles. The van der Waals surface area contributed by atoms with Gasteiger partial charge in [-0.05, 0) is 0 Å². The van der Waals surface area contributed by atoms with Gasteiger partial charge in [0.05, 0.1) is 0 Å². The van der Waals surface area contributed by atoms with Crippen molar-refractivity contribution in [2.24, 2.45) is 0 Å². The molecule has 5 heavy (non-hydrogen) atoms. The smallest absolute Gasteiger partial charge is 0 e. The van der Waals surface area contributed by atoms with Crippen LogP contribution in [0.3, 0.4) is 0 Å². The van der Waals surface area contributed by atoms with Crippen LogP contribution in [0.4, 0.5) is 0 Å². The van der Waals surface area contributed by atoms with Crippen LogP contribution in [0.1, 0.15) is 0 Å². The molecule has 0 nitrogen and oxygen atoms in total. The Morgan fingerprint density at radius 1 is 1.00 bits per heavy atom. The molecule has 0 saturated heterocycles. The van der Waals surface area contributed by atoms with Crippen molar-refractivity contribution >= 4 is 89.1 Å². The Morgan fingerprint density at radius 3 is 1.00 bits per heavy atom. The maximum Gasteiger partial charge on any atom is 0 e. The second-order valence-corrected chi connectivity index (χ2v) is 0. The van der Waals surface area contributed by atoms with E-state index < -0.39 is 0 Å². The van der Waals surface area contributed by atoms with Crippen LogP contribution in [0.25, 0.3) is 0 Å². The van der Waals surface area contributed by atoms with Gasteiger partial charge in [-0.3, -0.25) is 0 Å². The van der Waals surface area contributed by atoms with Gasteiger partial charge >= 0.3 is 61.8 Å². The molecule has 35 valence electrons. The van der Waals surface area contributed by atoms with E-state index in [1.807, 2.05) is 0 Å². The predicted molar refractivity (Wildman–Crippen MR) is 35.6 cm³/mol. The summed E-state index contributed by atoms with van der Waals surface area (Å²) in [6.07, 6.45) is 0. The Kier molecular flexibility index (Phi) is 192. The minimum Gasteiger partial charge on any atom is 0 e. The van der Waals surface area contributed by atoms with E-state index in [9.17, 15) is 0 Å². The molecule has 0 rings (SSSR count). The van der Waals surface area contributed by atoms with Gasteiger partial charge in [-0.25, -0.2) is 0 Å². The summed E-state index contributed by atoms with van der Waals surface area (Å²) in [6.45, 7) is 0. The molecule has 3 radical (unpaired) electrons. The third-order valence-corrected chi connectivity index (χ3v) is 0. The molecule has 0 aliphatic heterocycles. The molecule has 0 aliphatic carbocycles. The van der Waals surface area contributed by atoms with Crippen LogP contribution in [0, 0.1) is 0 Å². The quantitative estimate of drug-likeness (QED) is 0.231. The molecule has 5 heteroatoms. The van der Waals surface area contributed by atoms with Crippen molar-refractivity contribution in [2.45, 2.75) is 0 Å². The molecule has 0 N–H and O–H groups in total. The van der Waals surface area contributed by atoms with Gasteiger partial charge in [0.2, 0.25) is 0 Å². The second kappa shape index (κ2) is 25.4. The predicted octanol–water partition coefficient (Wildman–Crippen LogP) is -3.94. The molecule has 0 atom stereocenters. The van der Waals surface area contributed by atoms with Gasteiger partial charge in [-0.1, -0.05) is 0 Å². The average molecular weight is 675 g/mol. The molecule has 0 aromatic rings. The van der Waals surface area contributed by atoms with Crippen LogP contribution in [-0.2, 0) is 22.4 Å². The first kappa shape index (κ1) is 37.9. The second-order valence-electron chi connectivity index (χ2n) is 0. The van der Waals surface area contributed by atoms with Crippen molar-refractivity contribution < 1.29 is 22.4 Å². The Morgan fingerprint density at radius 2 is 1.00 bits per heavy atom. The standard InChI is InChI=1S/Au.Ga.GeH4.Sb.Tl.5H/h;;1H4;;;;;;;. The molecule has 0 amide bonds. The van der Waals surface area contributed by atoms with Gasteiger partial charge in [-0.15, -0.1) is 0 Å². The van der Waals surface area contributed by atoms with Gasteiger partial charge in [0.1, 0.15) is 0 Å². The first-order chi connectivity index (χ1) is 0. The maximum atomic E-state index is 0. The van der Waals surface area contributed by atoms with Gasteiger partial charge in [-0.2, -0.15) is 0 Å². The molecule has 0 spiro atoms. The van der Waals surface area contributed by atoms with E-state index >= 15 is 0 Å². The minimum atomic E-state index is 0. The fraction of sp³-hybridized carbons (Fsp3) is 0. The van der Waals surface area contributed by atoms with Crippen molar-refractivity contribution in [2.75, 3.05) is 0 Å². The summed E-state index contributed by atoms with van der Waals surface area (Å²) in [4.78, 5) is 0. The van der Waals surface area contributed by atoms with Gasteiger partial charge in [0.25, 0.3) is 0 Å². The fourth-order valence-electron chi connectivity index (χ4n) is 0. The summed E-state index contributed by atoms with van der Waals surface area (Å²) in [6, 6.07) is 0. The molecule has 0 fully saturated rings. The zero-order valence-electron chi connectivity index (χ0n) is 1.46. The van der Waals surface area contributed by atoms with Crippen molar-refractivity contribution in [3.05, 3.63) is 0 Å². The summed E-state index contributed by atoms with van der Waals surface area (Å²) in [7, 11) is 0. The monoisotopic (exact) mass is 675 g/mol. The van der Waals surface area contributed by atoms with E-state index in [1.165, 1.54) is 0 Å². The van der Waals surface area contributed by atoms with Crippen molar-refractivity contribution in [3.63, 3.8) is 0 Å². The van der Waals surface area contributed by atoms with Crippen LogP contribution < -0.4 is 0 Å². The summed E-state index contributed by atoms with van der Waals surface area (Å²) in [5, 5.41) is 0. The third kappa shape index (κ3) is 18.3. The fourth-order valence-corrected chi connectivity index (χ4v) is 0. The van der Waals surface area contributed by atoms with Crippen molar-refractivity contribution in [1.82, 2.24) is 0 Å². The van der Waals surface area contributed by atoms with E-state index in [-0.39, 0.29) is 111 Å². The Labute approximate surface area is 109 Å². The normalized spacial score (nSPS) is 0. The molecular formula is H9AuGaGeSbTl. The summed E-state index contributed by atoms with van der Waals surface area (Å²) in [5.41, 5.74) is 0. The topological polar surface area (TPSA) is 0 Å². The van der Waals surface area contributed by atoms with E-state index in [4.69, 9.17) is 0 Å². The third-order valence-electron chi connectivity index (χ3n) is 0. The van der Waals surface area contributed by atoms with E-state index in [1.54, 1.807) is 0 Å². The first-order valence-electron chi connectivity index (χ1n) is 0. The zero-order valence-corrected chi connectivity index (χ0v) is 11.4. The van der Waals surface area contributed by atoms with E-state index in [0.29, 0.717) is 0 Å². The van der Waals surface area contributed by atoms with E-state index in [0.717, 1.165) is 0 Å². The van der Waals surface area contributed by atoms with Crippen LogP contribution in [0.5, 0.6) is 0 Å². The van der Waals surface area contributed by atoms with Gasteiger partial charge < -0.3 is 0 Å². The Bertz CT molecular complexity index is 11.6. The maximum absolute atomic E-state index is 0. The number of rotatable bonds is 0. The molecule has 0 saturated carbocycles. The summed E-state index contributed by atoms with van der Waals surface area (Å²) < 4.78 is 0. The minimum absolute atomic E-state index is 0. The number of hydrogen-bond donors (Lipinski definition) is 0. The SMILES string of the molecule is [Au].[GaH3].[GeH4].[SbH2].[Tl]. The Hall–Kier alpha value is 3.66. The summed E-state index contributed by atoms with van der Waals surface area (Å²) in [5.74, 6) is 0. The first-order valence-corrected chi connectivity index (χ1v) is 0. The van der Waals surface area contributed by atoms with E-state index in [2.05, 4.69) is 0 Å². The molecule has 0 aliphatic rings. The number of hydrogen-bond acceptors (Lipinski definition) is 0. The van der Waals surface area contributed by atoms with Crippen molar-refractivity contribution in [3.8, 4) is 0 Å². The molecular weight excluding hydrogens is 665 g/mol. The Balaban J connectivity index is 0. The van der Waals surface area contributed by atoms with Crippen LogP contribution in [0.2, 0.25) is 0 Å². The van der Waals surface area contributed by atoms with Crippen LogP contribution in [0.15, 0.2) is 0 Å². The largest absolute Gasteiger partial charge is 0 e. The molecule has 0 aromatic heterocycles.